The normalized spacial score (nSPS) is 25.4. The van der Waals surface area contributed by atoms with E-state index in [9.17, 15) is 19.7 Å². The van der Waals surface area contributed by atoms with Gasteiger partial charge in [-0.05, 0) is 55.6 Å². The molecular formula is C19H28BN3O5. The predicted octanol–water partition coefficient (Wildman–Crippen LogP) is 0.307. The number of carboxylic acid groups (broad SMARTS) is 1. The molecule has 2 aliphatic rings. The molecule has 9 heteroatoms. The predicted molar refractivity (Wildman–Crippen MR) is 105 cm³/mol. The molecule has 7 N–H and O–H groups in total. The van der Waals surface area contributed by atoms with Crippen LogP contribution in [0.25, 0.3) is 0 Å². The number of hydrogen-bond donors (Lipinski definition) is 5. The lowest BCUT2D eigenvalue weighted by atomic mass is 9.72. The molecule has 1 aliphatic carbocycles. The first kappa shape index (κ1) is 20.6. The molecule has 1 saturated carbocycles. The maximum Gasteiger partial charge on any atom is 0.547 e. The molecule has 8 nitrogen and oxygen atoms in total. The monoisotopic (exact) mass is 389 g/mol. The first-order chi connectivity index (χ1) is 13.4. The highest BCUT2D eigenvalue weighted by molar-refractivity contribution is 6.47. The number of aromatic carboxylic acids is 1. The summed E-state index contributed by atoms with van der Waals surface area (Å²) in [6.07, 6.45) is 4.57. The minimum atomic E-state index is -1.28. The van der Waals surface area contributed by atoms with E-state index in [1.54, 1.807) is 12.1 Å². The fourth-order valence-corrected chi connectivity index (χ4v) is 4.26. The molecule has 152 valence electrons. The summed E-state index contributed by atoms with van der Waals surface area (Å²) in [6.45, 7) is 0.487. The molecule has 3 rings (SSSR count). The van der Waals surface area contributed by atoms with Crippen molar-refractivity contribution in [1.82, 2.24) is 5.32 Å². The number of carbonyl (C=O) groups excluding carboxylic acids is 1. The minimum absolute atomic E-state index is 0.00812. The third-order valence-electron chi connectivity index (χ3n) is 5.94. The van der Waals surface area contributed by atoms with Gasteiger partial charge < -0.3 is 31.6 Å². The van der Waals surface area contributed by atoms with Gasteiger partial charge in [0.2, 0.25) is 5.91 Å². The second-order valence-corrected chi connectivity index (χ2v) is 7.87. The molecule has 1 amide bonds. The Bertz CT molecular complexity index is 724. The Balaban J connectivity index is 1.54. The van der Waals surface area contributed by atoms with Gasteiger partial charge in [0.05, 0.1) is 11.5 Å². The molecule has 1 aromatic carbocycles. The van der Waals surface area contributed by atoms with Crippen LogP contribution in [0.15, 0.2) is 18.2 Å². The lowest BCUT2D eigenvalue weighted by Crippen LogP contribution is -2.53. The van der Waals surface area contributed by atoms with E-state index in [0.29, 0.717) is 36.8 Å². The van der Waals surface area contributed by atoms with Crippen molar-refractivity contribution in [3.05, 3.63) is 29.3 Å². The Morgan fingerprint density at radius 1 is 1.29 bits per heavy atom. The number of carboxylic acids is 1. The third kappa shape index (κ3) is 4.66. The summed E-state index contributed by atoms with van der Waals surface area (Å²) in [5, 5.41) is 22.3. The smallest absolute Gasteiger partial charge is 0.534 e. The zero-order valence-corrected chi connectivity index (χ0v) is 15.8. The van der Waals surface area contributed by atoms with Crippen molar-refractivity contribution in [2.75, 3.05) is 6.54 Å². The summed E-state index contributed by atoms with van der Waals surface area (Å²) in [5.74, 6) is -0.950. The van der Waals surface area contributed by atoms with Gasteiger partial charge in [0, 0.05) is 19.0 Å². The van der Waals surface area contributed by atoms with Crippen LogP contribution in [0.4, 0.5) is 0 Å². The molecule has 0 radical (unpaired) electrons. The Hall–Kier alpha value is -2.10. The van der Waals surface area contributed by atoms with E-state index in [0.717, 1.165) is 25.7 Å². The Labute approximate surface area is 164 Å². The standard InChI is InChI=1S/C19H28BN3O5/c21-10-15(22)12-6-4-11(5-7-12)8-17(24)23-16-9-13-2-1-3-14(19(25)26)18(13)28-20(16)27/h1-3,11-12,15-16,27H,4-10,21-22H2,(H,23,24)(H,25,26)/t11?,12?,15?,16-/m0/s1. The van der Waals surface area contributed by atoms with Crippen molar-refractivity contribution in [1.29, 1.82) is 0 Å². The van der Waals surface area contributed by atoms with Crippen molar-refractivity contribution >= 4 is 19.0 Å². The van der Waals surface area contributed by atoms with Crippen LogP contribution in [0.2, 0.25) is 0 Å². The minimum Gasteiger partial charge on any atom is -0.534 e. The van der Waals surface area contributed by atoms with Crippen LogP contribution in [-0.2, 0) is 11.2 Å². The highest BCUT2D eigenvalue weighted by Gasteiger charge is 2.38. The van der Waals surface area contributed by atoms with Gasteiger partial charge in [0.25, 0.3) is 0 Å². The summed E-state index contributed by atoms with van der Waals surface area (Å²) in [4.78, 5) is 23.8. The van der Waals surface area contributed by atoms with E-state index in [1.165, 1.54) is 6.07 Å². The van der Waals surface area contributed by atoms with Crippen molar-refractivity contribution in [2.45, 2.75) is 50.5 Å². The number of hydrogen-bond acceptors (Lipinski definition) is 6. The van der Waals surface area contributed by atoms with Crippen LogP contribution < -0.4 is 21.4 Å². The lowest BCUT2D eigenvalue weighted by molar-refractivity contribution is -0.122. The number of rotatable bonds is 6. The number of amides is 1. The van der Waals surface area contributed by atoms with Crippen LogP contribution in [0, 0.1) is 11.8 Å². The molecule has 0 bridgehead atoms. The number of nitrogens with two attached hydrogens (primary N) is 2. The SMILES string of the molecule is NCC(N)C1CCC(CC(=O)N[C@H]2Cc3cccc(C(=O)O)c3OB2O)CC1. The summed E-state index contributed by atoms with van der Waals surface area (Å²) >= 11 is 0. The second kappa shape index (κ2) is 8.94. The van der Waals surface area contributed by atoms with Crippen molar-refractivity contribution in [3.63, 3.8) is 0 Å². The molecular weight excluding hydrogens is 361 g/mol. The van der Waals surface area contributed by atoms with E-state index in [-0.39, 0.29) is 23.3 Å². The quantitative estimate of drug-likeness (QED) is 0.440. The Morgan fingerprint density at radius 3 is 2.64 bits per heavy atom. The van der Waals surface area contributed by atoms with Crippen LogP contribution in [0.5, 0.6) is 5.75 Å². The van der Waals surface area contributed by atoms with E-state index >= 15 is 0 Å². The molecule has 28 heavy (non-hydrogen) atoms. The van der Waals surface area contributed by atoms with Gasteiger partial charge in [-0.2, -0.15) is 0 Å². The maximum atomic E-state index is 12.5. The van der Waals surface area contributed by atoms with Crippen LogP contribution in [-0.4, -0.2) is 47.7 Å². The van der Waals surface area contributed by atoms with E-state index in [4.69, 9.17) is 16.1 Å². The molecule has 1 heterocycles. The molecule has 0 spiro atoms. The third-order valence-corrected chi connectivity index (χ3v) is 5.94. The van der Waals surface area contributed by atoms with Crippen molar-refractivity contribution in [2.24, 2.45) is 23.3 Å². The lowest BCUT2D eigenvalue weighted by Gasteiger charge is -2.32. The Morgan fingerprint density at radius 2 is 2.00 bits per heavy atom. The fraction of sp³-hybridized carbons (Fsp3) is 0.579. The van der Waals surface area contributed by atoms with Gasteiger partial charge in [0.1, 0.15) is 5.75 Å². The molecule has 1 aliphatic heterocycles. The number of para-hydroxylation sites is 1. The summed E-state index contributed by atoms with van der Waals surface area (Å²) in [6, 6.07) is 4.83. The summed E-state index contributed by atoms with van der Waals surface area (Å²) in [7, 11) is -1.28. The zero-order chi connectivity index (χ0) is 20.3. The Kier molecular flexibility index (Phi) is 6.59. The summed E-state index contributed by atoms with van der Waals surface area (Å²) < 4.78 is 5.41. The van der Waals surface area contributed by atoms with Gasteiger partial charge in [-0.15, -0.1) is 0 Å². The van der Waals surface area contributed by atoms with Gasteiger partial charge in [-0.25, -0.2) is 4.79 Å². The van der Waals surface area contributed by atoms with Gasteiger partial charge in [-0.3, -0.25) is 4.79 Å². The first-order valence-electron chi connectivity index (χ1n) is 9.84. The fourth-order valence-electron chi connectivity index (χ4n) is 4.26. The number of benzene rings is 1. The average Bonchev–Trinajstić information content (AvgIpc) is 2.68. The van der Waals surface area contributed by atoms with E-state index < -0.39 is 19.0 Å². The van der Waals surface area contributed by atoms with E-state index in [2.05, 4.69) is 5.32 Å². The van der Waals surface area contributed by atoms with Crippen LogP contribution in [0.3, 0.4) is 0 Å². The molecule has 1 aromatic rings. The molecule has 0 saturated heterocycles. The molecule has 2 atom stereocenters. The summed E-state index contributed by atoms with van der Waals surface area (Å²) in [5.41, 5.74) is 12.3. The van der Waals surface area contributed by atoms with Crippen LogP contribution >= 0.6 is 0 Å². The molecule has 0 aromatic heterocycles. The maximum absolute atomic E-state index is 12.5. The average molecular weight is 389 g/mol. The first-order valence-corrected chi connectivity index (χ1v) is 9.84. The molecule has 1 unspecified atom stereocenters. The number of fused-ring (bicyclic) bond motifs is 1. The highest BCUT2D eigenvalue weighted by Crippen LogP contribution is 2.33. The van der Waals surface area contributed by atoms with Gasteiger partial charge in [0.15, 0.2) is 0 Å². The second-order valence-electron chi connectivity index (χ2n) is 7.87. The highest BCUT2D eigenvalue weighted by atomic mass is 16.5. The molecule has 1 fully saturated rings. The van der Waals surface area contributed by atoms with Crippen molar-refractivity contribution in [3.8, 4) is 5.75 Å². The largest absolute Gasteiger partial charge is 0.547 e. The number of carbonyl (C=O) groups is 2. The van der Waals surface area contributed by atoms with Gasteiger partial charge >= 0.3 is 13.1 Å². The van der Waals surface area contributed by atoms with Crippen molar-refractivity contribution < 1.29 is 24.4 Å². The van der Waals surface area contributed by atoms with E-state index in [1.807, 2.05) is 0 Å². The van der Waals surface area contributed by atoms with Gasteiger partial charge in [-0.1, -0.05) is 12.1 Å². The van der Waals surface area contributed by atoms with Crippen LogP contribution in [0.1, 0.15) is 48.0 Å². The topological polar surface area (TPSA) is 148 Å². The zero-order valence-electron chi connectivity index (χ0n) is 15.8. The number of nitrogens with one attached hydrogen (secondary N) is 1.